The highest BCUT2D eigenvalue weighted by molar-refractivity contribution is 5.79. The molecule has 1 atom stereocenters. The molecule has 0 N–H and O–H groups in total. The van der Waals surface area contributed by atoms with Crippen LogP contribution in [0.1, 0.15) is 58.3 Å². The van der Waals surface area contributed by atoms with Gasteiger partial charge in [0.2, 0.25) is 0 Å². The Labute approximate surface area is 75.5 Å². The van der Waals surface area contributed by atoms with Crippen LogP contribution in [-0.2, 0) is 4.79 Å². The van der Waals surface area contributed by atoms with Gasteiger partial charge >= 0.3 is 0 Å². The molecular weight excluding hydrogens is 148 g/mol. The Hall–Kier alpha value is -0.330. The summed E-state index contributed by atoms with van der Waals surface area (Å²) < 4.78 is 0. The third-order valence-corrected chi connectivity index (χ3v) is 2.80. The van der Waals surface area contributed by atoms with Crippen molar-refractivity contribution >= 4 is 5.78 Å². The Morgan fingerprint density at radius 1 is 1.42 bits per heavy atom. The molecule has 0 aromatic carbocycles. The predicted molar refractivity (Wildman–Crippen MR) is 51.1 cm³/mol. The summed E-state index contributed by atoms with van der Waals surface area (Å²) in [6.07, 6.45) is 9.43. The highest BCUT2D eigenvalue weighted by Gasteiger charge is 2.18. The first-order valence-corrected chi connectivity index (χ1v) is 5.34. The molecule has 1 fully saturated rings. The maximum atomic E-state index is 11.1. The molecule has 0 radical (unpaired) electrons. The SMILES string of the molecule is CCCCC[C@H]1CCCC(=O)C1. The minimum absolute atomic E-state index is 0.503. The summed E-state index contributed by atoms with van der Waals surface area (Å²) in [5.74, 6) is 1.24. The van der Waals surface area contributed by atoms with E-state index >= 15 is 0 Å². The lowest BCUT2D eigenvalue weighted by Crippen LogP contribution is -2.14. The van der Waals surface area contributed by atoms with Crippen molar-refractivity contribution in [3.8, 4) is 0 Å². The van der Waals surface area contributed by atoms with E-state index in [2.05, 4.69) is 6.92 Å². The minimum Gasteiger partial charge on any atom is -0.300 e. The lowest BCUT2D eigenvalue weighted by molar-refractivity contribution is -0.121. The van der Waals surface area contributed by atoms with Crippen LogP contribution >= 0.6 is 0 Å². The number of hydrogen-bond donors (Lipinski definition) is 0. The molecule has 1 nitrogen and oxygen atoms in total. The fraction of sp³-hybridized carbons (Fsp3) is 0.909. The molecule has 0 saturated heterocycles. The van der Waals surface area contributed by atoms with Gasteiger partial charge in [-0.1, -0.05) is 32.6 Å². The van der Waals surface area contributed by atoms with Gasteiger partial charge in [0.15, 0.2) is 0 Å². The Morgan fingerprint density at radius 2 is 2.25 bits per heavy atom. The van der Waals surface area contributed by atoms with E-state index in [0.717, 1.165) is 25.2 Å². The average molecular weight is 168 g/mol. The van der Waals surface area contributed by atoms with Crippen LogP contribution in [0.5, 0.6) is 0 Å². The first-order valence-electron chi connectivity index (χ1n) is 5.34. The Balaban J connectivity index is 2.10. The summed E-state index contributed by atoms with van der Waals surface area (Å²) in [4.78, 5) is 11.1. The summed E-state index contributed by atoms with van der Waals surface area (Å²) in [5.41, 5.74) is 0. The van der Waals surface area contributed by atoms with E-state index in [1.165, 1.54) is 32.1 Å². The van der Waals surface area contributed by atoms with Gasteiger partial charge in [-0.15, -0.1) is 0 Å². The number of hydrogen-bond acceptors (Lipinski definition) is 1. The fourth-order valence-electron chi connectivity index (χ4n) is 2.04. The number of Topliss-reactive ketones (excluding diaryl/α,β-unsaturated/α-hetero) is 1. The molecule has 1 heteroatoms. The third kappa shape index (κ3) is 3.38. The van der Waals surface area contributed by atoms with Gasteiger partial charge in [-0.25, -0.2) is 0 Å². The zero-order valence-corrected chi connectivity index (χ0v) is 8.14. The predicted octanol–water partition coefficient (Wildman–Crippen LogP) is 3.33. The van der Waals surface area contributed by atoms with Gasteiger partial charge in [0.25, 0.3) is 0 Å². The van der Waals surface area contributed by atoms with Crippen molar-refractivity contribution in [2.24, 2.45) is 5.92 Å². The Morgan fingerprint density at radius 3 is 2.92 bits per heavy atom. The summed E-state index contributed by atoms with van der Waals surface area (Å²) >= 11 is 0. The normalized spacial score (nSPS) is 24.4. The molecule has 70 valence electrons. The molecule has 1 aliphatic carbocycles. The van der Waals surface area contributed by atoms with E-state index < -0.39 is 0 Å². The zero-order chi connectivity index (χ0) is 8.81. The summed E-state index contributed by atoms with van der Waals surface area (Å²) in [7, 11) is 0. The van der Waals surface area contributed by atoms with Crippen LogP contribution in [0.15, 0.2) is 0 Å². The van der Waals surface area contributed by atoms with Crippen LogP contribution in [0.25, 0.3) is 0 Å². The molecule has 0 unspecified atom stereocenters. The van der Waals surface area contributed by atoms with E-state index in [0.29, 0.717) is 5.78 Å². The lowest BCUT2D eigenvalue weighted by atomic mass is 9.85. The topological polar surface area (TPSA) is 17.1 Å². The second-order valence-electron chi connectivity index (χ2n) is 4.00. The molecule has 0 aromatic rings. The fourth-order valence-corrected chi connectivity index (χ4v) is 2.04. The number of carbonyl (C=O) groups is 1. The summed E-state index contributed by atoms with van der Waals surface area (Å²) in [6.45, 7) is 2.23. The zero-order valence-electron chi connectivity index (χ0n) is 8.14. The van der Waals surface area contributed by atoms with E-state index in [4.69, 9.17) is 0 Å². The quantitative estimate of drug-likeness (QED) is 0.588. The van der Waals surface area contributed by atoms with Gasteiger partial charge in [0, 0.05) is 12.8 Å². The van der Waals surface area contributed by atoms with Gasteiger partial charge < -0.3 is 0 Å². The van der Waals surface area contributed by atoms with Crippen molar-refractivity contribution in [2.45, 2.75) is 58.3 Å². The maximum absolute atomic E-state index is 11.1. The number of rotatable bonds is 4. The smallest absolute Gasteiger partial charge is 0.133 e. The van der Waals surface area contributed by atoms with E-state index in [9.17, 15) is 4.79 Å². The molecule has 0 amide bonds. The molecule has 1 aliphatic rings. The molecule has 12 heavy (non-hydrogen) atoms. The number of ketones is 1. The molecule has 0 aliphatic heterocycles. The van der Waals surface area contributed by atoms with Crippen molar-refractivity contribution in [1.82, 2.24) is 0 Å². The van der Waals surface area contributed by atoms with E-state index in [1.54, 1.807) is 0 Å². The summed E-state index contributed by atoms with van der Waals surface area (Å²) in [6, 6.07) is 0. The van der Waals surface area contributed by atoms with Crippen LogP contribution in [0.4, 0.5) is 0 Å². The highest BCUT2D eigenvalue weighted by Crippen LogP contribution is 2.25. The van der Waals surface area contributed by atoms with Gasteiger partial charge in [0.05, 0.1) is 0 Å². The molecular formula is C11H20O. The standard InChI is InChI=1S/C11H20O/c1-2-3-4-6-10-7-5-8-11(12)9-10/h10H,2-9H2,1H3/t10-/m0/s1. The minimum atomic E-state index is 0.503. The number of carbonyl (C=O) groups excluding carboxylic acids is 1. The van der Waals surface area contributed by atoms with Crippen molar-refractivity contribution < 1.29 is 4.79 Å². The third-order valence-electron chi connectivity index (χ3n) is 2.80. The van der Waals surface area contributed by atoms with Crippen LogP contribution in [0.3, 0.4) is 0 Å². The second kappa shape index (κ2) is 5.34. The Bertz CT molecular complexity index is 140. The van der Waals surface area contributed by atoms with Gasteiger partial charge in [0.1, 0.15) is 5.78 Å². The van der Waals surface area contributed by atoms with E-state index in [-0.39, 0.29) is 0 Å². The first-order chi connectivity index (χ1) is 5.83. The van der Waals surface area contributed by atoms with Gasteiger partial charge in [-0.05, 0) is 18.8 Å². The van der Waals surface area contributed by atoms with Crippen molar-refractivity contribution in [1.29, 1.82) is 0 Å². The van der Waals surface area contributed by atoms with Crippen LogP contribution in [0.2, 0.25) is 0 Å². The number of unbranched alkanes of at least 4 members (excludes halogenated alkanes) is 2. The van der Waals surface area contributed by atoms with Crippen LogP contribution in [-0.4, -0.2) is 5.78 Å². The second-order valence-corrected chi connectivity index (χ2v) is 4.00. The van der Waals surface area contributed by atoms with Crippen molar-refractivity contribution in [3.63, 3.8) is 0 Å². The molecule has 1 saturated carbocycles. The summed E-state index contributed by atoms with van der Waals surface area (Å²) in [5, 5.41) is 0. The van der Waals surface area contributed by atoms with Gasteiger partial charge in [-0.2, -0.15) is 0 Å². The molecule has 0 bridgehead atoms. The molecule has 0 aromatic heterocycles. The monoisotopic (exact) mass is 168 g/mol. The molecule has 0 heterocycles. The van der Waals surface area contributed by atoms with Gasteiger partial charge in [-0.3, -0.25) is 4.79 Å². The molecule has 0 spiro atoms. The first kappa shape index (κ1) is 9.76. The van der Waals surface area contributed by atoms with E-state index in [1.807, 2.05) is 0 Å². The van der Waals surface area contributed by atoms with Crippen molar-refractivity contribution in [2.75, 3.05) is 0 Å². The maximum Gasteiger partial charge on any atom is 0.133 e. The van der Waals surface area contributed by atoms with Crippen LogP contribution < -0.4 is 0 Å². The van der Waals surface area contributed by atoms with Crippen LogP contribution in [0, 0.1) is 5.92 Å². The average Bonchev–Trinajstić information content (AvgIpc) is 2.05. The van der Waals surface area contributed by atoms with Crippen molar-refractivity contribution in [3.05, 3.63) is 0 Å². The largest absolute Gasteiger partial charge is 0.300 e. The highest BCUT2D eigenvalue weighted by atomic mass is 16.1. The Kier molecular flexibility index (Phi) is 4.34. The molecule has 1 rings (SSSR count). The lowest BCUT2D eigenvalue weighted by Gasteiger charge is -2.20.